The lowest BCUT2D eigenvalue weighted by atomic mass is 9.90. The first-order valence-electron chi connectivity index (χ1n) is 6.12. The van der Waals surface area contributed by atoms with Crippen molar-refractivity contribution in [2.75, 3.05) is 6.26 Å². The van der Waals surface area contributed by atoms with Crippen molar-refractivity contribution in [3.8, 4) is 5.75 Å². The third-order valence-electron chi connectivity index (χ3n) is 3.53. The van der Waals surface area contributed by atoms with Crippen molar-refractivity contribution in [2.45, 2.75) is 37.0 Å². The van der Waals surface area contributed by atoms with E-state index in [9.17, 15) is 9.90 Å². The molecule has 1 aliphatic rings. The van der Waals surface area contributed by atoms with Crippen LogP contribution < -0.4 is 0 Å². The van der Waals surface area contributed by atoms with Crippen molar-refractivity contribution in [1.82, 2.24) is 0 Å². The summed E-state index contributed by atoms with van der Waals surface area (Å²) in [5.41, 5.74) is 1.84. The molecule has 0 bridgehead atoms. The molecule has 0 amide bonds. The molecular formula is C14H18O3S. The van der Waals surface area contributed by atoms with E-state index in [2.05, 4.69) is 0 Å². The molecule has 0 radical (unpaired) electrons. The second-order valence-corrected chi connectivity index (χ2v) is 5.77. The van der Waals surface area contributed by atoms with E-state index >= 15 is 0 Å². The number of thioether (sulfide) groups is 1. The molecule has 2 rings (SSSR count). The molecule has 0 saturated heterocycles. The number of hydrogen-bond donors (Lipinski definition) is 2. The van der Waals surface area contributed by atoms with Gasteiger partial charge in [-0.15, -0.1) is 11.8 Å². The maximum absolute atomic E-state index is 11.0. The first-order chi connectivity index (χ1) is 8.52. The Morgan fingerprint density at radius 2 is 2.17 bits per heavy atom. The Morgan fingerprint density at radius 1 is 1.50 bits per heavy atom. The summed E-state index contributed by atoms with van der Waals surface area (Å²) in [6.07, 6.45) is 4.33. The van der Waals surface area contributed by atoms with Gasteiger partial charge < -0.3 is 10.2 Å². The summed E-state index contributed by atoms with van der Waals surface area (Å²) < 4.78 is 0. The van der Waals surface area contributed by atoms with Crippen LogP contribution in [0.2, 0.25) is 0 Å². The van der Waals surface area contributed by atoms with Gasteiger partial charge in [0.1, 0.15) is 5.75 Å². The summed E-state index contributed by atoms with van der Waals surface area (Å²) in [5.74, 6) is 0.00316. The van der Waals surface area contributed by atoms with E-state index in [1.807, 2.05) is 19.2 Å². The van der Waals surface area contributed by atoms with Gasteiger partial charge in [-0.3, -0.25) is 4.79 Å². The van der Waals surface area contributed by atoms with Crippen LogP contribution in [-0.2, 0) is 4.79 Å². The molecule has 0 heterocycles. The minimum Gasteiger partial charge on any atom is -0.508 e. The van der Waals surface area contributed by atoms with Crippen LogP contribution in [0.5, 0.6) is 5.75 Å². The number of aliphatic carboxylic acids is 1. The third-order valence-corrected chi connectivity index (χ3v) is 4.33. The number of carboxylic acid groups (broad SMARTS) is 1. The lowest BCUT2D eigenvalue weighted by Crippen LogP contribution is -2.09. The SMILES string of the molecule is CSc1cc(C)c(O)cc1C(CC(=O)O)C1CC1. The van der Waals surface area contributed by atoms with Gasteiger partial charge in [-0.1, -0.05) is 0 Å². The zero-order valence-corrected chi connectivity index (χ0v) is 11.5. The van der Waals surface area contributed by atoms with Gasteiger partial charge in [0.2, 0.25) is 0 Å². The summed E-state index contributed by atoms with van der Waals surface area (Å²) in [6, 6.07) is 3.71. The predicted molar refractivity (Wildman–Crippen MR) is 72.3 cm³/mol. The molecule has 1 fully saturated rings. The summed E-state index contributed by atoms with van der Waals surface area (Å²) in [5, 5.41) is 18.9. The second-order valence-electron chi connectivity index (χ2n) is 4.92. The number of aryl methyl sites for hydroxylation is 1. The van der Waals surface area contributed by atoms with Crippen molar-refractivity contribution in [1.29, 1.82) is 0 Å². The number of carbonyl (C=O) groups is 1. The Bertz CT molecular complexity index is 466. The van der Waals surface area contributed by atoms with Crippen LogP contribution in [0.4, 0.5) is 0 Å². The molecule has 1 saturated carbocycles. The van der Waals surface area contributed by atoms with Gasteiger partial charge in [-0.05, 0) is 61.1 Å². The molecule has 1 aliphatic carbocycles. The number of aromatic hydroxyl groups is 1. The first kappa shape index (κ1) is 13.3. The van der Waals surface area contributed by atoms with Crippen LogP contribution in [0.15, 0.2) is 17.0 Å². The molecule has 0 aliphatic heterocycles. The van der Waals surface area contributed by atoms with Crippen molar-refractivity contribution in [3.05, 3.63) is 23.3 Å². The van der Waals surface area contributed by atoms with Crippen LogP contribution in [0.1, 0.15) is 36.3 Å². The number of carboxylic acids is 1. The highest BCUT2D eigenvalue weighted by molar-refractivity contribution is 7.98. The lowest BCUT2D eigenvalue weighted by molar-refractivity contribution is -0.137. The molecule has 1 aromatic rings. The van der Waals surface area contributed by atoms with E-state index in [1.165, 1.54) is 0 Å². The van der Waals surface area contributed by atoms with E-state index in [4.69, 9.17) is 5.11 Å². The van der Waals surface area contributed by atoms with Crippen LogP contribution >= 0.6 is 11.8 Å². The van der Waals surface area contributed by atoms with Crippen LogP contribution in [0.3, 0.4) is 0 Å². The highest BCUT2D eigenvalue weighted by Crippen LogP contribution is 2.47. The summed E-state index contributed by atoms with van der Waals surface area (Å²) in [4.78, 5) is 12.1. The van der Waals surface area contributed by atoms with Crippen molar-refractivity contribution < 1.29 is 15.0 Å². The molecule has 3 nitrogen and oxygen atoms in total. The summed E-state index contributed by atoms with van der Waals surface area (Å²) in [7, 11) is 0. The van der Waals surface area contributed by atoms with Gasteiger partial charge in [-0.25, -0.2) is 0 Å². The fourth-order valence-electron chi connectivity index (χ4n) is 2.37. The van der Waals surface area contributed by atoms with Gasteiger partial charge in [0, 0.05) is 4.90 Å². The van der Waals surface area contributed by atoms with E-state index in [-0.39, 0.29) is 18.1 Å². The standard InChI is InChI=1S/C14H18O3S/c1-8-5-13(18-2)11(6-12(8)15)10(7-14(16)17)9-3-4-9/h5-6,9-10,15H,3-4,7H2,1-2H3,(H,16,17). The van der Waals surface area contributed by atoms with Gasteiger partial charge in [0.05, 0.1) is 6.42 Å². The fourth-order valence-corrected chi connectivity index (χ4v) is 3.11. The highest BCUT2D eigenvalue weighted by Gasteiger charge is 2.35. The number of phenolic OH excluding ortho intramolecular Hbond substituents is 1. The maximum atomic E-state index is 11.0. The number of hydrogen-bond acceptors (Lipinski definition) is 3. The molecular weight excluding hydrogens is 248 g/mol. The van der Waals surface area contributed by atoms with E-state index in [0.29, 0.717) is 5.92 Å². The monoisotopic (exact) mass is 266 g/mol. The zero-order chi connectivity index (χ0) is 13.3. The number of benzene rings is 1. The maximum Gasteiger partial charge on any atom is 0.303 e. The Morgan fingerprint density at radius 3 is 2.67 bits per heavy atom. The summed E-state index contributed by atoms with van der Waals surface area (Å²) in [6.45, 7) is 1.86. The molecule has 0 aromatic heterocycles. The smallest absolute Gasteiger partial charge is 0.303 e. The van der Waals surface area contributed by atoms with Crippen molar-refractivity contribution in [3.63, 3.8) is 0 Å². The Hall–Kier alpha value is -1.16. The molecule has 98 valence electrons. The van der Waals surface area contributed by atoms with E-state index in [0.717, 1.165) is 28.9 Å². The van der Waals surface area contributed by atoms with Gasteiger partial charge in [0.25, 0.3) is 0 Å². The van der Waals surface area contributed by atoms with E-state index in [1.54, 1.807) is 17.8 Å². The van der Waals surface area contributed by atoms with Crippen molar-refractivity contribution >= 4 is 17.7 Å². The predicted octanol–water partition coefficient (Wildman–Crippen LogP) is 3.39. The Balaban J connectivity index is 2.39. The minimum atomic E-state index is -0.765. The van der Waals surface area contributed by atoms with Crippen LogP contribution in [0, 0.1) is 12.8 Å². The van der Waals surface area contributed by atoms with E-state index < -0.39 is 5.97 Å². The molecule has 0 spiro atoms. The lowest BCUT2D eigenvalue weighted by Gasteiger charge is -2.19. The largest absolute Gasteiger partial charge is 0.508 e. The Labute approximate surface area is 111 Å². The molecule has 1 aromatic carbocycles. The highest BCUT2D eigenvalue weighted by atomic mass is 32.2. The van der Waals surface area contributed by atoms with Crippen molar-refractivity contribution in [2.24, 2.45) is 5.92 Å². The average molecular weight is 266 g/mol. The van der Waals surface area contributed by atoms with Crippen LogP contribution in [0.25, 0.3) is 0 Å². The normalized spacial score (nSPS) is 16.6. The molecule has 4 heteroatoms. The quantitative estimate of drug-likeness (QED) is 0.802. The third kappa shape index (κ3) is 2.80. The topological polar surface area (TPSA) is 57.5 Å². The zero-order valence-electron chi connectivity index (χ0n) is 10.6. The molecule has 1 unspecified atom stereocenters. The number of rotatable bonds is 5. The molecule has 18 heavy (non-hydrogen) atoms. The fraction of sp³-hybridized carbons (Fsp3) is 0.500. The van der Waals surface area contributed by atoms with Gasteiger partial charge in [-0.2, -0.15) is 0 Å². The second kappa shape index (κ2) is 5.22. The van der Waals surface area contributed by atoms with Crippen LogP contribution in [-0.4, -0.2) is 22.4 Å². The Kier molecular flexibility index (Phi) is 3.85. The minimum absolute atomic E-state index is 0.0384. The van der Waals surface area contributed by atoms with Gasteiger partial charge >= 0.3 is 5.97 Å². The first-order valence-corrected chi connectivity index (χ1v) is 7.34. The average Bonchev–Trinajstić information content (AvgIpc) is 3.13. The summed E-state index contributed by atoms with van der Waals surface area (Å²) >= 11 is 1.61. The molecule has 1 atom stereocenters. The van der Waals surface area contributed by atoms with Gasteiger partial charge in [0.15, 0.2) is 0 Å². The number of phenols is 1. The molecule has 2 N–H and O–H groups in total.